The van der Waals surface area contributed by atoms with Gasteiger partial charge >= 0.3 is 5.97 Å². The smallest absolute Gasteiger partial charge is 0.311 e. The Morgan fingerprint density at radius 1 is 1.29 bits per heavy atom. The summed E-state index contributed by atoms with van der Waals surface area (Å²) in [5, 5.41) is 0. The fraction of sp³-hybridized carbons (Fsp3) is 0.833. The molecule has 3 saturated carbocycles. The van der Waals surface area contributed by atoms with E-state index in [1.807, 2.05) is 0 Å². The number of rotatable bonds is 5. The molecule has 0 N–H and O–H groups in total. The number of ether oxygens (including phenoxy) is 2. The summed E-state index contributed by atoms with van der Waals surface area (Å²) in [7, 11) is 0. The number of esters is 1. The predicted molar refractivity (Wildman–Crippen MR) is 79.4 cm³/mol. The van der Waals surface area contributed by atoms with Gasteiger partial charge < -0.3 is 9.47 Å². The number of carbonyl (C=O) groups is 1. The quantitative estimate of drug-likeness (QED) is 0.440. The van der Waals surface area contributed by atoms with Gasteiger partial charge in [0.1, 0.15) is 0 Å². The van der Waals surface area contributed by atoms with Gasteiger partial charge in [-0.05, 0) is 68.1 Å². The molecule has 4 bridgehead atoms. The van der Waals surface area contributed by atoms with Gasteiger partial charge in [-0.2, -0.15) is 0 Å². The molecule has 6 unspecified atom stereocenters. The minimum Gasteiger partial charge on any atom is -0.438 e. The van der Waals surface area contributed by atoms with Crippen molar-refractivity contribution < 1.29 is 14.3 Å². The minimum atomic E-state index is -0.0412. The first-order valence-electron chi connectivity index (χ1n) is 8.67. The zero-order valence-corrected chi connectivity index (χ0v) is 12.9. The molecular formula is C18H26O3. The van der Waals surface area contributed by atoms with E-state index in [4.69, 9.17) is 9.47 Å². The Balaban J connectivity index is 1.27. The fourth-order valence-corrected chi connectivity index (χ4v) is 5.44. The van der Waals surface area contributed by atoms with E-state index in [2.05, 4.69) is 19.1 Å². The van der Waals surface area contributed by atoms with Gasteiger partial charge in [-0.15, -0.1) is 0 Å². The largest absolute Gasteiger partial charge is 0.438 e. The fourth-order valence-electron chi connectivity index (χ4n) is 5.44. The summed E-state index contributed by atoms with van der Waals surface area (Å²) in [6.07, 6.45) is 13.2. The van der Waals surface area contributed by atoms with Crippen LogP contribution in [0, 0.1) is 29.1 Å². The van der Waals surface area contributed by atoms with Crippen LogP contribution in [-0.4, -0.2) is 18.9 Å². The van der Waals surface area contributed by atoms with Crippen molar-refractivity contribution in [3.8, 4) is 0 Å². The predicted octanol–water partition coefficient (Wildman–Crippen LogP) is 3.68. The Morgan fingerprint density at radius 3 is 2.86 bits per heavy atom. The van der Waals surface area contributed by atoms with Crippen molar-refractivity contribution in [3.05, 3.63) is 12.2 Å². The molecule has 0 radical (unpaired) electrons. The maximum atomic E-state index is 12.2. The lowest BCUT2D eigenvalue weighted by Crippen LogP contribution is -2.33. The van der Waals surface area contributed by atoms with Crippen molar-refractivity contribution >= 4 is 5.97 Å². The lowest BCUT2D eigenvalue weighted by Gasteiger charge is -2.33. The molecule has 4 rings (SSSR count). The summed E-state index contributed by atoms with van der Waals surface area (Å²) in [6, 6.07) is 0. The highest BCUT2D eigenvalue weighted by Crippen LogP contribution is 2.57. The summed E-state index contributed by atoms with van der Waals surface area (Å²) in [5.41, 5.74) is 0.381. The molecule has 0 heterocycles. The second-order valence-electron chi connectivity index (χ2n) is 7.68. The highest BCUT2D eigenvalue weighted by molar-refractivity contribution is 5.74. The first kappa shape index (κ1) is 13.8. The molecule has 0 aromatic heterocycles. The van der Waals surface area contributed by atoms with E-state index in [1.54, 1.807) is 0 Å². The van der Waals surface area contributed by atoms with Crippen LogP contribution < -0.4 is 0 Å². The Morgan fingerprint density at radius 2 is 2.19 bits per heavy atom. The van der Waals surface area contributed by atoms with Crippen LogP contribution in [0.3, 0.4) is 0 Å². The summed E-state index contributed by atoms with van der Waals surface area (Å²) < 4.78 is 11.4. The lowest BCUT2D eigenvalue weighted by atomic mass is 9.79. The maximum Gasteiger partial charge on any atom is 0.311 e. The van der Waals surface area contributed by atoms with Crippen molar-refractivity contribution in [3.63, 3.8) is 0 Å². The monoisotopic (exact) mass is 290 g/mol. The summed E-state index contributed by atoms with van der Waals surface area (Å²) in [5.74, 6) is 1.93. The lowest BCUT2D eigenvalue weighted by molar-refractivity contribution is -0.173. The van der Waals surface area contributed by atoms with E-state index in [0.29, 0.717) is 23.4 Å². The van der Waals surface area contributed by atoms with Gasteiger partial charge in [0.2, 0.25) is 0 Å². The zero-order valence-electron chi connectivity index (χ0n) is 12.9. The second kappa shape index (κ2) is 5.12. The summed E-state index contributed by atoms with van der Waals surface area (Å²) >= 11 is 0. The van der Waals surface area contributed by atoms with Crippen molar-refractivity contribution in [2.24, 2.45) is 29.1 Å². The first-order valence-corrected chi connectivity index (χ1v) is 8.67. The van der Waals surface area contributed by atoms with Crippen molar-refractivity contribution in [1.82, 2.24) is 0 Å². The molecule has 6 atom stereocenters. The third kappa shape index (κ3) is 2.25. The van der Waals surface area contributed by atoms with Gasteiger partial charge in [0.25, 0.3) is 0 Å². The molecule has 3 heteroatoms. The third-order valence-corrected chi connectivity index (χ3v) is 6.73. The van der Waals surface area contributed by atoms with E-state index in [1.165, 1.54) is 32.1 Å². The second-order valence-corrected chi connectivity index (χ2v) is 7.68. The van der Waals surface area contributed by atoms with Gasteiger partial charge in [0.15, 0.2) is 6.79 Å². The van der Waals surface area contributed by atoms with E-state index in [0.717, 1.165) is 18.8 Å². The van der Waals surface area contributed by atoms with E-state index in [9.17, 15) is 4.79 Å². The van der Waals surface area contributed by atoms with Crippen LogP contribution in [0.5, 0.6) is 0 Å². The zero-order chi connectivity index (χ0) is 14.4. The molecule has 0 saturated heterocycles. The van der Waals surface area contributed by atoms with E-state index >= 15 is 0 Å². The van der Waals surface area contributed by atoms with Gasteiger partial charge in [0, 0.05) is 0 Å². The van der Waals surface area contributed by atoms with Crippen LogP contribution in [0.25, 0.3) is 0 Å². The van der Waals surface area contributed by atoms with Crippen LogP contribution in [-0.2, 0) is 14.3 Å². The average Bonchev–Trinajstić information content (AvgIpc) is 3.26. The molecule has 3 nitrogen and oxygen atoms in total. The summed E-state index contributed by atoms with van der Waals surface area (Å²) in [6.45, 7) is 2.44. The molecule has 0 spiro atoms. The van der Waals surface area contributed by atoms with Crippen molar-refractivity contribution in [2.45, 2.75) is 58.0 Å². The third-order valence-electron chi connectivity index (χ3n) is 6.73. The van der Waals surface area contributed by atoms with Crippen LogP contribution in [0.4, 0.5) is 0 Å². The molecule has 116 valence electrons. The number of fused-ring (bicyclic) bond motifs is 4. The molecule has 21 heavy (non-hydrogen) atoms. The normalized spacial score (nSPS) is 46.4. The SMILES string of the molecule is CCC12CCC(CC1OCOC(=O)C1CC3C=CC1C3)C2. The van der Waals surface area contributed by atoms with Crippen LogP contribution in [0.1, 0.15) is 51.9 Å². The van der Waals surface area contributed by atoms with E-state index in [-0.39, 0.29) is 18.7 Å². The van der Waals surface area contributed by atoms with Crippen LogP contribution in [0.15, 0.2) is 12.2 Å². The summed E-state index contributed by atoms with van der Waals surface area (Å²) in [4.78, 5) is 12.2. The number of hydrogen-bond acceptors (Lipinski definition) is 3. The van der Waals surface area contributed by atoms with Crippen LogP contribution in [0.2, 0.25) is 0 Å². The average molecular weight is 290 g/mol. The standard InChI is InChI=1S/C18H26O3/c1-2-18-6-5-13(10-18)9-16(18)20-11-21-17(19)15-8-12-3-4-14(15)7-12/h3-4,12-16H,2,5-11H2,1H3. The van der Waals surface area contributed by atoms with Gasteiger partial charge in [-0.25, -0.2) is 0 Å². The highest BCUT2D eigenvalue weighted by Gasteiger charge is 2.51. The van der Waals surface area contributed by atoms with Gasteiger partial charge in [-0.1, -0.05) is 19.1 Å². The molecule has 0 amide bonds. The maximum absolute atomic E-state index is 12.2. The Hall–Kier alpha value is -0.830. The molecular weight excluding hydrogens is 264 g/mol. The topological polar surface area (TPSA) is 35.5 Å². The highest BCUT2D eigenvalue weighted by atomic mass is 16.7. The van der Waals surface area contributed by atoms with Crippen molar-refractivity contribution in [2.75, 3.05) is 6.79 Å². The molecule has 0 aromatic rings. The number of hydrogen-bond donors (Lipinski definition) is 0. The molecule has 0 aromatic carbocycles. The molecule has 3 fully saturated rings. The van der Waals surface area contributed by atoms with Crippen molar-refractivity contribution in [1.29, 1.82) is 0 Å². The minimum absolute atomic E-state index is 0.0412. The van der Waals surface area contributed by atoms with Crippen LogP contribution >= 0.6 is 0 Å². The first-order chi connectivity index (χ1) is 10.2. The number of allylic oxidation sites excluding steroid dienone is 2. The van der Waals surface area contributed by atoms with Gasteiger partial charge in [0.05, 0.1) is 12.0 Å². The van der Waals surface area contributed by atoms with Gasteiger partial charge in [-0.3, -0.25) is 4.79 Å². The molecule has 4 aliphatic carbocycles. The number of carbonyl (C=O) groups excluding carboxylic acids is 1. The molecule has 0 aliphatic heterocycles. The molecule has 4 aliphatic rings. The Bertz CT molecular complexity index is 457. The Labute approximate surface area is 127 Å². The Kier molecular flexibility index (Phi) is 3.36. The van der Waals surface area contributed by atoms with E-state index < -0.39 is 0 Å².